The molecular formula is C19H34O6P2S5. The zero-order valence-corrected chi connectivity index (χ0v) is 25.3. The first-order valence-electron chi connectivity index (χ1n) is 9.97. The summed E-state index contributed by atoms with van der Waals surface area (Å²) in [5.74, 6) is 0.780. The molecule has 0 heterocycles. The Morgan fingerprint density at radius 3 is 1.94 bits per heavy atom. The number of carbonyl (C=O) groups excluding carboxylic acids is 1. The molecule has 1 aromatic carbocycles. The molecule has 0 N–H and O–H groups in total. The largest absolute Gasteiger partial charge is 0.465 e. The van der Waals surface area contributed by atoms with Gasteiger partial charge in [-0.15, -0.1) is 0 Å². The van der Waals surface area contributed by atoms with Gasteiger partial charge in [0.25, 0.3) is 0 Å². The molecule has 0 saturated carbocycles. The van der Waals surface area contributed by atoms with Gasteiger partial charge < -0.3 is 22.8 Å². The molecule has 6 nitrogen and oxygen atoms in total. The summed E-state index contributed by atoms with van der Waals surface area (Å²) in [6.07, 6.45) is 0. The number of carbonyl (C=O) groups is 1. The van der Waals surface area contributed by atoms with E-state index < -0.39 is 16.6 Å². The Labute approximate surface area is 215 Å². The highest BCUT2D eigenvalue weighted by Gasteiger charge is 2.31. The predicted molar refractivity (Wildman–Crippen MR) is 150 cm³/mol. The molecule has 0 amide bonds. The van der Waals surface area contributed by atoms with Gasteiger partial charge in [-0.2, -0.15) is 11.8 Å². The summed E-state index contributed by atoms with van der Waals surface area (Å²) in [5, 5.41) is 0.431. The summed E-state index contributed by atoms with van der Waals surface area (Å²) in [4.78, 5) is 12.1. The maximum absolute atomic E-state index is 12.1. The van der Waals surface area contributed by atoms with E-state index in [0.717, 1.165) is 16.4 Å². The number of rotatable bonds is 15. The standard InChI is InChI=1S/C12H17O4PS2.C7H17O2PS3/c1-4-16-12(13)11(10-8-6-5-7-9-10)19-17(18,14-2)15-3;1-4-8-10(11,9-5-2)13-7-12-6-3/h5-9,11H,4H2,1-3H3;4-7H2,1-3H3. The Morgan fingerprint density at radius 1 is 0.938 bits per heavy atom. The van der Waals surface area contributed by atoms with Crippen LogP contribution in [0.1, 0.15) is 38.5 Å². The summed E-state index contributed by atoms with van der Waals surface area (Å²) in [6, 6.07) is 9.34. The van der Waals surface area contributed by atoms with Gasteiger partial charge in [0, 0.05) is 19.3 Å². The van der Waals surface area contributed by atoms with Crippen molar-refractivity contribution in [1.82, 2.24) is 0 Å². The van der Waals surface area contributed by atoms with Crippen molar-refractivity contribution in [1.29, 1.82) is 0 Å². The number of ether oxygens (including phenoxy) is 1. The summed E-state index contributed by atoms with van der Waals surface area (Å²) >= 11 is 15.3. The van der Waals surface area contributed by atoms with Crippen LogP contribution >= 0.6 is 45.9 Å². The van der Waals surface area contributed by atoms with Gasteiger partial charge >= 0.3 is 5.97 Å². The summed E-state index contributed by atoms with van der Waals surface area (Å²) in [7, 11) is 2.98. The molecular weight excluding hydrogens is 546 g/mol. The number of benzene rings is 1. The lowest BCUT2D eigenvalue weighted by molar-refractivity contribution is -0.142. The maximum Gasteiger partial charge on any atom is 0.324 e. The van der Waals surface area contributed by atoms with Gasteiger partial charge in [-0.05, 0) is 55.7 Å². The Morgan fingerprint density at radius 2 is 1.50 bits per heavy atom. The van der Waals surface area contributed by atoms with Crippen molar-refractivity contribution < 1.29 is 27.6 Å². The van der Waals surface area contributed by atoms with Crippen LogP contribution in [0.15, 0.2) is 30.3 Å². The second kappa shape index (κ2) is 19.1. The lowest BCUT2D eigenvalue weighted by Gasteiger charge is -2.22. The minimum Gasteiger partial charge on any atom is -0.465 e. The molecule has 1 atom stereocenters. The Hall–Kier alpha value is 0.880. The highest BCUT2D eigenvalue weighted by Crippen LogP contribution is 2.65. The first-order chi connectivity index (χ1) is 15.2. The average Bonchev–Trinajstić information content (AvgIpc) is 2.79. The van der Waals surface area contributed by atoms with E-state index in [0.29, 0.717) is 19.8 Å². The first kappa shape index (κ1) is 32.9. The van der Waals surface area contributed by atoms with E-state index in [1.165, 1.54) is 25.6 Å². The molecule has 0 aliphatic rings. The maximum atomic E-state index is 12.1. The van der Waals surface area contributed by atoms with E-state index in [1.54, 1.807) is 18.3 Å². The van der Waals surface area contributed by atoms with Crippen LogP contribution < -0.4 is 0 Å². The highest BCUT2D eigenvalue weighted by molar-refractivity contribution is 8.69. The third kappa shape index (κ3) is 13.7. The lowest BCUT2D eigenvalue weighted by Crippen LogP contribution is -2.13. The third-order valence-electron chi connectivity index (χ3n) is 3.36. The molecule has 0 fully saturated rings. The SMILES string of the molecule is CCOC(=O)C(SP(=S)(OC)OC)c1ccccc1.CCOP(=S)(OCC)SCSCC. The molecule has 0 bridgehead atoms. The summed E-state index contributed by atoms with van der Waals surface area (Å²) in [6.45, 7) is 9.42. The summed E-state index contributed by atoms with van der Waals surface area (Å²) < 4.78 is 26.5. The van der Waals surface area contributed by atoms with E-state index in [9.17, 15) is 4.79 Å². The molecule has 32 heavy (non-hydrogen) atoms. The number of esters is 1. The van der Waals surface area contributed by atoms with Crippen molar-refractivity contribution in [2.75, 3.05) is 44.9 Å². The topological polar surface area (TPSA) is 63.2 Å². The lowest BCUT2D eigenvalue weighted by atomic mass is 10.1. The zero-order chi connectivity index (χ0) is 24.5. The second-order valence-corrected chi connectivity index (χ2v) is 19.9. The van der Waals surface area contributed by atoms with Crippen molar-refractivity contribution in [2.24, 2.45) is 0 Å². The fourth-order valence-electron chi connectivity index (χ4n) is 1.99. The smallest absolute Gasteiger partial charge is 0.324 e. The van der Waals surface area contributed by atoms with Gasteiger partial charge in [-0.25, -0.2) is 0 Å². The van der Waals surface area contributed by atoms with Crippen LogP contribution in [-0.2, 0) is 51.2 Å². The van der Waals surface area contributed by atoms with Gasteiger partial charge in [0.2, 0.25) is 11.4 Å². The minimum atomic E-state index is -2.53. The van der Waals surface area contributed by atoms with Crippen LogP contribution in [-0.4, -0.2) is 50.8 Å². The Kier molecular flexibility index (Phi) is 19.6. The van der Waals surface area contributed by atoms with E-state index >= 15 is 0 Å². The van der Waals surface area contributed by atoms with E-state index in [1.807, 2.05) is 55.9 Å². The number of hydrogen-bond acceptors (Lipinski definition) is 11. The van der Waals surface area contributed by atoms with Crippen LogP contribution in [0.5, 0.6) is 0 Å². The van der Waals surface area contributed by atoms with Crippen molar-refractivity contribution in [3.05, 3.63) is 35.9 Å². The van der Waals surface area contributed by atoms with Gasteiger partial charge in [0.15, 0.2) is 0 Å². The fourth-order valence-corrected chi connectivity index (χ4v) is 12.7. The molecule has 0 spiro atoms. The van der Waals surface area contributed by atoms with Gasteiger partial charge in [-0.1, -0.05) is 60.0 Å². The van der Waals surface area contributed by atoms with E-state index in [4.69, 9.17) is 46.4 Å². The molecule has 0 radical (unpaired) electrons. The van der Waals surface area contributed by atoms with Gasteiger partial charge in [0.05, 0.1) is 19.8 Å². The van der Waals surface area contributed by atoms with Crippen LogP contribution in [0.4, 0.5) is 0 Å². The van der Waals surface area contributed by atoms with Crippen molar-refractivity contribution in [3.63, 3.8) is 0 Å². The van der Waals surface area contributed by atoms with Gasteiger partial charge in [-0.3, -0.25) is 4.79 Å². The molecule has 1 aromatic rings. The third-order valence-corrected chi connectivity index (χ3v) is 16.2. The first-order valence-corrected chi connectivity index (χ1v) is 19.5. The molecule has 186 valence electrons. The van der Waals surface area contributed by atoms with E-state index in [-0.39, 0.29) is 5.97 Å². The second-order valence-electron chi connectivity index (χ2n) is 5.48. The molecule has 0 aliphatic carbocycles. The predicted octanol–water partition coefficient (Wildman–Crippen LogP) is 7.27. The van der Waals surface area contributed by atoms with Crippen molar-refractivity contribution in [2.45, 2.75) is 32.9 Å². The minimum absolute atomic E-state index is 0.325. The van der Waals surface area contributed by atoms with Gasteiger partial charge in [0.1, 0.15) is 5.25 Å². The molecule has 1 rings (SSSR count). The monoisotopic (exact) mass is 580 g/mol. The fraction of sp³-hybridized carbons (Fsp3) is 0.632. The average molecular weight is 581 g/mol. The molecule has 0 saturated heterocycles. The Balaban J connectivity index is 0.000000649. The number of hydrogen-bond donors (Lipinski definition) is 0. The molecule has 0 aliphatic heterocycles. The quantitative estimate of drug-likeness (QED) is 0.0911. The Bertz CT molecular complexity index is 707. The van der Waals surface area contributed by atoms with Crippen molar-refractivity contribution >= 4 is 75.5 Å². The normalized spacial score (nSPS) is 12.6. The van der Waals surface area contributed by atoms with Crippen LogP contribution in [0.3, 0.4) is 0 Å². The van der Waals surface area contributed by atoms with Crippen LogP contribution in [0.2, 0.25) is 0 Å². The van der Waals surface area contributed by atoms with Crippen LogP contribution in [0, 0.1) is 0 Å². The molecule has 13 heteroatoms. The van der Waals surface area contributed by atoms with Crippen molar-refractivity contribution in [3.8, 4) is 0 Å². The zero-order valence-electron chi connectivity index (χ0n) is 19.4. The van der Waals surface area contributed by atoms with Crippen LogP contribution in [0.25, 0.3) is 0 Å². The highest BCUT2D eigenvalue weighted by atomic mass is 32.9. The van der Waals surface area contributed by atoms with E-state index in [2.05, 4.69) is 6.92 Å². The summed E-state index contributed by atoms with van der Waals surface area (Å²) in [5.41, 5.74) is -3.72. The number of thioether (sulfide) groups is 1. The molecule has 0 aromatic heterocycles. The molecule has 1 unspecified atom stereocenters.